The first-order chi connectivity index (χ1) is 7.64. The van der Waals surface area contributed by atoms with Crippen molar-refractivity contribution in [2.24, 2.45) is 11.7 Å². The zero-order valence-corrected chi connectivity index (χ0v) is 11.3. The molecule has 1 aromatic rings. The van der Waals surface area contributed by atoms with Gasteiger partial charge in [-0.1, -0.05) is 26.2 Å². The molecule has 0 spiro atoms. The average molecular weight is 237 g/mol. The normalized spacial score (nSPS) is 31.3. The minimum absolute atomic E-state index is 0.0331. The molecule has 0 saturated heterocycles. The summed E-state index contributed by atoms with van der Waals surface area (Å²) in [6.45, 7) is 4.48. The summed E-state index contributed by atoms with van der Waals surface area (Å²) in [5.41, 5.74) is 7.97. The second-order valence-corrected chi connectivity index (χ2v) is 6.42. The van der Waals surface area contributed by atoms with Gasteiger partial charge in [0.25, 0.3) is 0 Å². The number of hydrogen-bond donors (Lipinski definition) is 1. The Morgan fingerprint density at radius 1 is 1.44 bits per heavy atom. The average Bonchev–Trinajstić information content (AvgIpc) is 2.61. The van der Waals surface area contributed by atoms with Crippen LogP contribution in [0.15, 0.2) is 11.4 Å². The summed E-state index contributed by atoms with van der Waals surface area (Å²) in [4.78, 5) is 1.39. The van der Waals surface area contributed by atoms with Gasteiger partial charge < -0.3 is 5.73 Å². The molecular weight excluding hydrogens is 214 g/mol. The van der Waals surface area contributed by atoms with E-state index in [2.05, 4.69) is 25.3 Å². The predicted molar refractivity (Wildman–Crippen MR) is 71.8 cm³/mol. The van der Waals surface area contributed by atoms with Crippen molar-refractivity contribution >= 4 is 11.3 Å². The molecule has 1 nitrogen and oxygen atoms in total. The maximum absolute atomic E-state index is 6.62. The summed E-state index contributed by atoms with van der Waals surface area (Å²) in [5.74, 6) is 0.908. The standard InChI is InChI=1S/C14H23NS/c1-3-12-5-4-7-14(15,8-6-12)13-9-11(2)16-10-13/h9-10,12H,3-8,15H2,1-2H3. The lowest BCUT2D eigenvalue weighted by atomic mass is 9.85. The van der Waals surface area contributed by atoms with E-state index >= 15 is 0 Å². The van der Waals surface area contributed by atoms with E-state index in [-0.39, 0.29) is 5.54 Å². The number of nitrogens with two attached hydrogens (primary N) is 1. The molecule has 1 aliphatic carbocycles. The van der Waals surface area contributed by atoms with Gasteiger partial charge in [-0.15, -0.1) is 11.3 Å². The first-order valence-corrected chi connectivity index (χ1v) is 7.36. The molecule has 0 aromatic carbocycles. The Kier molecular flexibility index (Phi) is 3.70. The van der Waals surface area contributed by atoms with Crippen LogP contribution >= 0.6 is 11.3 Å². The van der Waals surface area contributed by atoms with E-state index in [9.17, 15) is 0 Å². The van der Waals surface area contributed by atoms with Crippen LogP contribution < -0.4 is 5.73 Å². The molecule has 1 aromatic heterocycles. The monoisotopic (exact) mass is 237 g/mol. The summed E-state index contributed by atoms with van der Waals surface area (Å²) in [5, 5.41) is 2.27. The van der Waals surface area contributed by atoms with Gasteiger partial charge in [-0.2, -0.15) is 0 Å². The molecule has 1 fully saturated rings. The third-order valence-corrected chi connectivity index (χ3v) is 4.98. The van der Waals surface area contributed by atoms with Crippen LogP contribution in [0.5, 0.6) is 0 Å². The van der Waals surface area contributed by atoms with E-state index in [1.807, 2.05) is 11.3 Å². The summed E-state index contributed by atoms with van der Waals surface area (Å²) >= 11 is 1.83. The minimum atomic E-state index is -0.0331. The molecule has 0 amide bonds. The summed E-state index contributed by atoms with van der Waals surface area (Å²) in [6.07, 6.45) is 7.63. The van der Waals surface area contributed by atoms with Gasteiger partial charge in [0.05, 0.1) is 0 Å². The topological polar surface area (TPSA) is 26.0 Å². The van der Waals surface area contributed by atoms with Crippen LogP contribution in [0.4, 0.5) is 0 Å². The maximum atomic E-state index is 6.62. The van der Waals surface area contributed by atoms with Crippen molar-refractivity contribution in [3.8, 4) is 0 Å². The molecule has 2 N–H and O–H groups in total. The number of thiophene rings is 1. The number of rotatable bonds is 2. The van der Waals surface area contributed by atoms with Crippen molar-refractivity contribution in [2.45, 2.75) is 57.9 Å². The molecule has 90 valence electrons. The van der Waals surface area contributed by atoms with Crippen LogP contribution in [0.2, 0.25) is 0 Å². The molecule has 2 rings (SSSR count). The van der Waals surface area contributed by atoms with Crippen molar-refractivity contribution in [3.05, 3.63) is 21.9 Å². The second-order valence-electron chi connectivity index (χ2n) is 5.31. The van der Waals surface area contributed by atoms with Crippen LogP contribution in [-0.2, 0) is 5.54 Å². The van der Waals surface area contributed by atoms with Gasteiger partial charge in [0.1, 0.15) is 0 Å². The highest BCUT2D eigenvalue weighted by molar-refractivity contribution is 7.10. The summed E-state index contributed by atoms with van der Waals surface area (Å²) < 4.78 is 0. The van der Waals surface area contributed by atoms with Gasteiger partial charge in [-0.25, -0.2) is 0 Å². The SMILES string of the molecule is CCC1CCCC(N)(c2csc(C)c2)CC1. The number of aryl methyl sites for hydroxylation is 1. The third-order valence-electron chi connectivity index (χ3n) is 4.12. The molecule has 1 aliphatic rings. The van der Waals surface area contributed by atoms with Crippen molar-refractivity contribution in [2.75, 3.05) is 0 Å². The molecule has 2 unspecified atom stereocenters. The van der Waals surface area contributed by atoms with E-state index in [1.165, 1.54) is 49.0 Å². The fraction of sp³-hybridized carbons (Fsp3) is 0.714. The Labute approximate surface area is 103 Å². The van der Waals surface area contributed by atoms with Gasteiger partial charge in [0.15, 0.2) is 0 Å². The van der Waals surface area contributed by atoms with E-state index in [4.69, 9.17) is 5.73 Å². The Hall–Kier alpha value is -0.340. The van der Waals surface area contributed by atoms with Gasteiger partial charge in [-0.3, -0.25) is 0 Å². The molecule has 2 heteroatoms. The van der Waals surface area contributed by atoms with Crippen molar-refractivity contribution in [1.82, 2.24) is 0 Å². The zero-order chi connectivity index (χ0) is 11.6. The van der Waals surface area contributed by atoms with Gasteiger partial charge in [0.2, 0.25) is 0 Å². The molecule has 0 bridgehead atoms. The predicted octanol–water partition coefficient (Wildman–Crippen LogP) is 4.20. The maximum Gasteiger partial charge on any atom is 0.0418 e. The van der Waals surface area contributed by atoms with Gasteiger partial charge in [0, 0.05) is 10.4 Å². The fourth-order valence-electron chi connectivity index (χ4n) is 2.84. The molecule has 16 heavy (non-hydrogen) atoms. The highest BCUT2D eigenvalue weighted by Crippen LogP contribution is 2.38. The first kappa shape index (κ1) is 12.1. The highest BCUT2D eigenvalue weighted by Gasteiger charge is 2.31. The minimum Gasteiger partial charge on any atom is -0.321 e. The van der Waals surface area contributed by atoms with Crippen molar-refractivity contribution in [3.63, 3.8) is 0 Å². The smallest absolute Gasteiger partial charge is 0.0418 e. The molecular formula is C14H23NS. The lowest BCUT2D eigenvalue weighted by Gasteiger charge is -2.27. The summed E-state index contributed by atoms with van der Waals surface area (Å²) in [7, 11) is 0. The Balaban J connectivity index is 2.13. The van der Waals surface area contributed by atoms with E-state index in [0.717, 1.165) is 5.92 Å². The fourth-order valence-corrected chi connectivity index (χ4v) is 3.65. The second kappa shape index (κ2) is 4.89. The zero-order valence-electron chi connectivity index (χ0n) is 10.5. The Morgan fingerprint density at radius 2 is 2.25 bits per heavy atom. The Morgan fingerprint density at radius 3 is 2.88 bits per heavy atom. The van der Waals surface area contributed by atoms with Gasteiger partial charge >= 0.3 is 0 Å². The molecule has 0 aliphatic heterocycles. The molecule has 2 atom stereocenters. The van der Waals surface area contributed by atoms with Crippen molar-refractivity contribution in [1.29, 1.82) is 0 Å². The lowest BCUT2D eigenvalue weighted by Crippen LogP contribution is -2.35. The third kappa shape index (κ3) is 2.49. The van der Waals surface area contributed by atoms with Crippen LogP contribution in [0, 0.1) is 12.8 Å². The first-order valence-electron chi connectivity index (χ1n) is 6.48. The van der Waals surface area contributed by atoms with E-state index < -0.39 is 0 Å². The van der Waals surface area contributed by atoms with Crippen LogP contribution in [0.3, 0.4) is 0 Å². The molecule has 1 saturated carbocycles. The summed E-state index contributed by atoms with van der Waals surface area (Å²) in [6, 6.07) is 2.29. The lowest BCUT2D eigenvalue weighted by molar-refractivity contribution is 0.372. The molecule has 1 heterocycles. The van der Waals surface area contributed by atoms with E-state index in [1.54, 1.807) is 0 Å². The quantitative estimate of drug-likeness (QED) is 0.766. The van der Waals surface area contributed by atoms with Crippen LogP contribution in [0.25, 0.3) is 0 Å². The highest BCUT2D eigenvalue weighted by atomic mass is 32.1. The molecule has 0 radical (unpaired) electrons. The van der Waals surface area contributed by atoms with Crippen LogP contribution in [0.1, 0.15) is 55.9 Å². The van der Waals surface area contributed by atoms with E-state index in [0.29, 0.717) is 0 Å². The van der Waals surface area contributed by atoms with Crippen molar-refractivity contribution < 1.29 is 0 Å². The largest absolute Gasteiger partial charge is 0.321 e. The Bertz CT molecular complexity index is 344. The van der Waals surface area contributed by atoms with Gasteiger partial charge in [-0.05, 0) is 49.1 Å². The van der Waals surface area contributed by atoms with Crippen LogP contribution in [-0.4, -0.2) is 0 Å². The number of hydrogen-bond acceptors (Lipinski definition) is 2.